The van der Waals surface area contributed by atoms with E-state index >= 15 is 0 Å². The van der Waals surface area contributed by atoms with E-state index in [1.807, 2.05) is 28.8 Å². The number of fused-ring (bicyclic) bond motifs is 1. The zero-order valence-corrected chi connectivity index (χ0v) is 17.7. The fourth-order valence-corrected chi connectivity index (χ4v) is 4.00. The topological polar surface area (TPSA) is 80.7 Å². The molecule has 7 nitrogen and oxygen atoms in total. The molecule has 0 aliphatic heterocycles. The molecule has 1 aromatic carbocycles. The summed E-state index contributed by atoms with van der Waals surface area (Å²) in [5, 5.41) is 6.85. The van der Waals surface area contributed by atoms with Gasteiger partial charge >= 0.3 is 5.97 Å². The van der Waals surface area contributed by atoms with Gasteiger partial charge in [-0.3, -0.25) is 5.10 Å². The third-order valence-corrected chi connectivity index (χ3v) is 5.70. The van der Waals surface area contributed by atoms with Crippen molar-refractivity contribution in [2.24, 2.45) is 0 Å². The van der Waals surface area contributed by atoms with Crippen LogP contribution >= 0.6 is 0 Å². The van der Waals surface area contributed by atoms with Crippen molar-refractivity contribution in [2.75, 3.05) is 19.0 Å². The van der Waals surface area contributed by atoms with Crippen LogP contribution in [0.2, 0.25) is 0 Å². The van der Waals surface area contributed by atoms with Crippen LogP contribution in [-0.2, 0) is 4.74 Å². The Morgan fingerprint density at radius 1 is 1.23 bits per heavy atom. The SMILES string of the molecule is CCCCOc1ccc(-c2nc3c(C(=O)OC)c[nH]n3c2NC2CCCCC2)cc1. The maximum absolute atomic E-state index is 12.2. The highest BCUT2D eigenvalue weighted by Gasteiger charge is 2.24. The number of methoxy groups -OCH3 is 1. The van der Waals surface area contributed by atoms with E-state index in [2.05, 4.69) is 17.3 Å². The Labute approximate surface area is 176 Å². The molecule has 0 amide bonds. The summed E-state index contributed by atoms with van der Waals surface area (Å²) in [6, 6.07) is 8.40. The smallest absolute Gasteiger partial charge is 0.343 e. The number of hydrogen-bond acceptors (Lipinski definition) is 5. The van der Waals surface area contributed by atoms with Gasteiger partial charge in [0, 0.05) is 17.8 Å². The van der Waals surface area contributed by atoms with E-state index < -0.39 is 5.97 Å². The number of anilines is 1. The number of benzene rings is 1. The number of hydrogen-bond donors (Lipinski definition) is 2. The lowest BCUT2D eigenvalue weighted by molar-refractivity contribution is 0.0602. The predicted octanol–water partition coefficient (Wildman–Crippen LogP) is 5.04. The van der Waals surface area contributed by atoms with Crippen LogP contribution in [-0.4, -0.2) is 40.3 Å². The lowest BCUT2D eigenvalue weighted by Gasteiger charge is -2.23. The van der Waals surface area contributed by atoms with Crippen molar-refractivity contribution in [3.8, 4) is 17.0 Å². The van der Waals surface area contributed by atoms with E-state index in [1.54, 1.807) is 6.20 Å². The van der Waals surface area contributed by atoms with Gasteiger partial charge in [0.25, 0.3) is 0 Å². The van der Waals surface area contributed by atoms with Crippen LogP contribution in [0.1, 0.15) is 62.2 Å². The Balaban J connectivity index is 1.68. The van der Waals surface area contributed by atoms with Gasteiger partial charge in [0.05, 0.1) is 13.7 Å². The number of aromatic nitrogens is 3. The Hall–Kier alpha value is -2.96. The van der Waals surface area contributed by atoms with Crippen LogP contribution in [0.3, 0.4) is 0 Å². The van der Waals surface area contributed by atoms with Gasteiger partial charge in [-0.15, -0.1) is 0 Å². The standard InChI is InChI=1S/C23H30N4O3/c1-3-4-14-30-18-12-10-16(11-13-18)20-22(25-17-8-6-5-7-9-17)27-21(26-20)19(15-24-27)23(28)29-2/h10-13,15,17,24-25H,3-9,14H2,1-2H3. The van der Waals surface area contributed by atoms with E-state index in [4.69, 9.17) is 14.5 Å². The second kappa shape index (κ2) is 9.24. The molecule has 2 heterocycles. The first-order valence-corrected chi connectivity index (χ1v) is 10.9. The Kier molecular flexibility index (Phi) is 6.26. The monoisotopic (exact) mass is 410 g/mol. The average Bonchev–Trinajstić information content (AvgIpc) is 3.35. The number of carbonyl (C=O) groups excluding carboxylic acids is 1. The van der Waals surface area contributed by atoms with E-state index in [-0.39, 0.29) is 0 Å². The van der Waals surface area contributed by atoms with Gasteiger partial charge in [-0.2, -0.15) is 0 Å². The minimum absolute atomic E-state index is 0.401. The predicted molar refractivity (Wildman–Crippen MR) is 117 cm³/mol. The van der Waals surface area contributed by atoms with Gasteiger partial charge < -0.3 is 14.8 Å². The van der Waals surface area contributed by atoms with Crippen molar-refractivity contribution >= 4 is 17.4 Å². The van der Waals surface area contributed by atoms with Crippen molar-refractivity contribution in [3.05, 3.63) is 36.0 Å². The number of rotatable bonds is 8. The number of carbonyl (C=O) groups is 1. The fourth-order valence-electron chi connectivity index (χ4n) is 4.00. The summed E-state index contributed by atoms with van der Waals surface area (Å²) in [4.78, 5) is 17.0. The molecule has 160 valence electrons. The lowest BCUT2D eigenvalue weighted by Crippen LogP contribution is -2.23. The number of esters is 1. The van der Waals surface area contributed by atoms with Crippen LogP contribution in [0.25, 0.3) is 16.9 Å². The molecule has 0 bridgehead atoms. The molecule has 4 rings (SSSR count). The maximum Gasteiger partial charge on any atom is 0.343 e. The second-order valence-electron chi connectivity index (χ2n) is 7.85. The van der Waals surface area contributed by atoms with Crippen LogP contribution in [0.4, 0.5) is 5.82 Å². The number of unbranched alkanes of at least 4 members (excludes halogenated alkanes) is 1. The summed E-state index contributed by atoms with van der Waals surface area (Å²) in [6.07, 6.45) is 9.84. The van der Waals surface area contributed by atoms with Crippen molar-refractivity contribution in [2.45, 2.75) is 57.9 Å². The highest BCUT2D eigenvalue weighted by molar-refractivity contribution is 5.97. The Bertz CT molecular complexity index is 984. The second-order valence-corrected chi connectivity index (χ2v) is 7.85. The summed E-state index contributed by atoms with van der Waals surface area (Å²) in [5.74, 6) is 1.34. The quantitative estimate of drug-likeness (QED) is 0.402. The van der Waals surface area contributed by atoms with Crippen molar-refractivity contribution in [3.63, 3.8) is 0 Å². The fraction of sp³-hybridized carbons (Fsp3) is 0.478. The minimum atomic E-state index is -0.401. The van der Waals surface area contributed by atoms with Gasteiger partial charge in [-0.25, -0.2) is 14.3 Å². The first-order chi connectivity index (χ1) is 14.7. The molecule has 1 saturated carbocycles. The van der Waals surface area contributed by atoms with E-state index in [9.17, 15) is 4.79 Å². The third-order valence-electron chi connectivity index (χ3n) is 5.70. The largest absolute Gasteiger partial charge is 0.494 e. The molecular weight excluding hydrogens is 380 g/mol. The minimum Gasteiger partial charge on any atom is -0.494 e. The lowest BCUT2D eigenvalue weighted by atomic mass is 9.95. The molecule has 2 N–H and O–H groups in total. The normalized spacial score (nSPS) is 14.7. The highest BCUT2D eigenvalue weighted by atomic mass is 16.5. The van der Waals surface area contributed by atoms with Gasteiger partial charge in [0.1, 0.15) is 17.0 Å². The Morgan fingerprint density at radius 2 is 2.00 bits per heavy atom. The van der Waals surface area contributed by atoms with Crippen LogP contribution in [0, 0.1) is 0 Å². The van der Waals surface area contributed by atoms with Crippen molar-refractivity contribution in [1.82, 2.24) is 14.6 Å². The number of imidazole rings is 1. The van der Waals surface area contributed by atoms with Gasteiger partial charge in [0.2, 0.25) is 0 Å². The van der Waals surface area contributed by atoms with E-state index in [0.717, 1.165) is 55.1 Å². The first kappa shape index (κ1) is 20.3. The van der Waals surface area contributed by atoms with Gasteiger partial charge in [-0.05, 0) is 43.5 Å². The van der Waals surface area contributed by atoms with Gasteiger partial charge in [0.15, 0.2) is 11.5 Å². The highest BCUT2D eigenvalue weighted by Crippen LogP contribution is 2.33. The molecule has 1 aliphatic rings. The van der Waals surface area contributed by atoms with E-state index in [1.165, 1.54) is 26.4 Å². The molecule has 2 aromatic heterocycles. The molecule has 1 aliphatic carbocycles. The van der Waals surface area contributed by atoms with Crippen LogP contribution in [0.5, 0.6) is 5.75 Å². The molecule has 1 fully saturated rings. The summed E-state index contributed by atoms with van der Waals surface area (Å²) < 4.78 is 12.6. The molecule has 30 heavy (non-hydrogen) atoms. The summed E-state index contributed by atoms with van der Waals surface area (Å²) in [6.45, 7) is 2.87. The third kappa shape index (κ3) is 4.15. The molecule has 3 aromatic rings. The van der Waals surface area contributed by atoms with Gasteiger partial charge in [-0.1, -0.05) is 32.6 Å². The average molecular weight is 411 g/mol. The molecule has 0 unspecified atom stereocenters. The maximum atomic E-state index is 12.2. The summed E-state index contributed by atoms with van der Waals surface area (Å²) in [5.41, 5.74) is 2.79. The molecule has 0 saturated heterocycles. The number of nitrogens with zero attached hydrogens (tertiary/aromatic N) is 2. The summed E-state index contributed by atoms with van der Waals surface area (Å²) >= 11 is 0. The zero-order chi connectivity index (χ0) is 20.9. The van der Waals surface area contributed by atoms with Crippen molar-refractivity contribution in [1.29, 1.82) is 0 Å². The first-order valence-electron chi connectivity index (χ1n) is 10.9. The number of H-pyrrole nitrogens is 1. The van der Waals surface area contributed by atoms with Crippen LogP contribution in [0.15, 0.2) is 30.5 Å². The molecule has 0 radical (unpaired) electrons. The molecular formula is C23H30N4O3. The number of nitrogens with one attached hydrogen (secondary N) is 2. The zero-order valence-electron chi connectivity index (χ0n) is 17.7. The Morgan fingerprint density at radius 3 is 2.70 bits per heavy atom. The number of ether oxygens (including phenoxy) is 2. The number of aromatic amines is 1. The van der Waals surface area contributed by atoms with Crippen LogP contribution < -0.4 is 10.1 Å². The summed E-state index contributed by atoms with van der Waals surface area (Å²) in [7, 11) is 1.38. The van der Waals surface area contributed by atoms with E-state index in [0.29, 0.717) is 17.3 Å². The molecule has 7 heteroatoms. The molecule has 0 atom stereocenters. The van der Waals surface area contributed by atoms with Crippen molar-refractivity contribution < 1.29 is 14.3 Å². The molecule has 0 spiro atoms.